The highest BCUT2D eigenvalue weighted by Crippen LogP contribution is 2.28. The van der Waals surface area contributed by atoms with Crippen LogP contribution in [0.3, 0.4) is 0 Å². The highest BCUT2D eigenvalue weighted by molar-refractivity contribution is 5.88. The molecule has 30 heavy (non-hydrogen) atoms. The maximum atomic E-state index is 10.5. The molecule has 0 radical (unpaired) electrons. The Morgan fingerprint density at radius 3 is 2.40 bits per heavy atom. The summed E-state index contributed by atoms with van der Waals surface area (Å²) in [5.41, 5.74) is 1.14. The van der Waals surface area contributed by atoms with E-state index >= 15 is 0 Å². The molecule has 2 atom stereocenters. The van der Waals surface area contributed by atoms with Gasteiger partial charge in [-0.1, -0.05) is 42.5 Å². The Labute approximate surface area is 184 Å². The zero-order valence-corrected chi connectivity index (χ0v) is 18.4. The molecule has 0 saturated carbocycles. The molecule has 2 N–H and O–H groups in total. The number of nitrogens with one attached hydrogen (secondary N) is 1. The van der Waals surface area contributed by atoms with E-state index in [1.54, 1.807) is 14.2 Å². The van der Waals surface area contributed by atoms with Crippen molar-refractivity contribution < 1.29 is 19.3 Å². The molecule has 0 aliphatic heterocycles. The lowest BCUT2D eigenvalue weighted by atomic mass is 10.1. The third-order valence-corrected chi connectivity index (χ3v) is 5.06. The largest absolute Gasteiger partial charge is 0.493 e. The van der Waals surface area contributed by atoms with Gasteiger partial charge in [0.05, 0.1) is 14.2 Å². The standard InChI is InChI=1S/C24H29NO4.ClH/c1-17(25-14-13-18-11-12-23(27-2)24(15-18)28-3)21(26)16-29-22-10-6-8-19-7-4-5-9-20(19)22;/h4-12,15,17,21,25-26H,13-14,16H2,1-3H3;1H. The van der Waals surface area contributed by atoms with E-state index in [4.69, 9.17) is 14.2 Å². The van der Waals surface area contributed by atoms with Crippen molar-refractivity contribution in [2.45, 2.75) is 25.5 Å². The van der Waals surface area contributed by atoms with Gasteiger partial charge in [-0.15, -0.1) is 12.4 Å². The Kier molecular flexibility index (Phi) is 9.24. The number of rotatable bonds is 10. The van der Waals surface area contributed by atoms with E-state index in [-0.39, 0.29) is 25.1 Å². The second-order valence-electron chi connectivity index (χ2n) is 7.04. The SMILES string of the molecule is COc1ccc(CCNC(C)C(O)COc2cccc3ccccc23)cc1OC.Cl. The van der Waals surface area contributed by atoms with Crippen molar-refractivity contribution in [1.29, 1.82) is 0 Å². The van der Waals surface area contributed by atoms with Crippen molar-refractivity contribution in [3.05, 3.63) is 66.2 Å². The molecule has 0 bridgehead atoms. The predicted octanol–water partition coefficient (Wildman–Crippen LogP) is 4.24. The third kappa shape index (κ3) is 6.02. The summed E-state index contributed by atoms with van der Waals surface area (Å²) in [5.74, 6) is 2.24. The van der Waals surface area contributed by atoms with E-state index in [0.717, 1.165) is 46.6 Å². The topological polar surface area (TPSA) is 60.0 Å². The van der Waals surface area contributed by atoms with Crippen LogP contribution in [0.5, 0.6) is 17.2 Å². The molecule has 0 heterocycles. The highest BCUT2D eigenvalue weighted by atomic mass is 35.5. The smallest absolute Gasteiger partial charge is 0.160 e. The van der Waals surface area contributed by atoms with Gasteiger partial charge in [0.25, 0.3) is 0 Å². The van der Waals surface area contributed by atoms with Crippen molar-refractivity contribution in [2.75, 3.05) is 27.4 Å². The van der Waals surface area contributed by atoms with E-state index in [2.05, 4.69) is 17.4 Å². The molecular formula is C24H30ClNO4. The van der Waals surface area contributed by atoms with Gasteiger partial charge in [0, 0.05) is 11.4 Å². The van der Waals surface area contributed by atoms with Gasteiger partial charge < -0.3 is 24.6 Å². The first kappa shape index (κ1) is 23.8. The minimum atomic E-state index is -0.612. The number of aliphatic hydroxyl groups excluding tert-OH is 1. The van der Waals surface area contributed by atoms with E-state index in [9.17, 15) is 5.11 Å². The molecule has 6 heteroatoms. The summed E-state index contributed by atoms with van der Waals surface area (Å²) < 4.78 is 16.5. The molecule has 0 amide bonds. The average molecular weight is 432 g/mol. The normalized spacial score (nSPS) is 12.7. The Morgan fingerprint density at radius 1 is 0.900 bits per heavy atom. The number of methoxy groups -OCH3 is 2. The van der Waals surface area contributed by atoms with Crippen molar-refractivity contribution in [1.82, 2.24) is 5.32 Å². The van der Waals surface area contributed by atoms with Gasteiger partial charge >= 0.3 is 0 Å². The molecule has 5 nitrogen and oxygen atoms in total. The highest BCUT2D eigenvalue weighted by Gasteiger charge is 2.15. The molecule has 0 aliphatic rings. The second kappa shape index (κ2) is 11.6. The van der Waals surface area contributed by atoms with Gasteiger partial charge in [0.1, 0.15) is 18.5 Å². The molecule has 0 spiro atoms. The number of halogens is 1. The lowest BCUT2D eigenvalue weighted by Gasteiger charge is -2.21. The number of ether oxygens (including phenoxy) is 3. The van der Waals surface area contributed by atoms with Gasteiger partial charge in [-0.25, -0.2) is 0 Å². The molecule has 0 aromatic heterocycles. The zero-order valence-electron chi connectivity index (χ0n) is 17.6. The van der Waals surface area contributed by atoms with Gasteiger partial charge in [-0.3, -0.25) is 0 Å². The fourth-order valence-electron chi connectivity index (χ4n) is 3.26. The quantitative estimate of drug-likeness (QED) is 0.502. The van der Waals surface area contributed by atoms with Crippen LogP contribution in [0.25, 0.3) is 10.8 Å². The summed E-state index contributed by atoms with van der Waals surface area (Å²) in [4.78, 5) is 0. The molecule has 2 unspecified atom stereocenters. The van der Waals surface area contributed by atoms with Crippen molar-refractivity contribution in [2.24, 2.45) is 0 Å². The van der Waals surface area contributed by atoms with Crippen LogP contribution in [0.4, 0.5) is 0 Å². The Bertz CT molecular complexity index is 929. The predicted molar refractivity (Wildman–Crippen MR) is 123 cm³/mol. The van der Waals surface area contributed by atoms with Crippen LogP contribution in [0.1, 0.15) is 12.5 Å². The van der Waals surface area contributed by atoms with E-state index < -0.39 is 6.10 Å². The molecular weight excluding hydrogens is 402 g/mol. The Hall–Kier alpha value is -2.47. The summed E-state index contributed by atoms with van der Waals surface area (Å²) in [5, 5.41) is 16.0. The molecule has 3 aromatic rings. The van der Waals surface area contributed by atoms with E-state index in [0.29, 0.717) is 0 Å². The first-order chi connectivity index (χ1) is 14.1. The zero-order chi connectivity index (χ0) is 20.6. The molecule has 162 valence electrons. The number of benzene rings is 3. The summed E-state index contributed by atoms with van der Waals surface area (Å²) >= 11 is 0. The minimum Gasteiger partial charge on any atom is -0.493 e. The van der Waals surface area contributed by atoms with Crippen molar-refractivity contribution >= 4 is 23.2 Å². The maximum Gasteiger partial charge on any atom is 0.160 e. The van der Waals surface area contributed by atoms with E-state index in [1.165, 1.54) is 0 Å². The molecule has 3 rings (SSSR count). The minimum absolute atomic E-state index is 0. The first-order valence-corrected chi connectivity index (χ1v) is 9.85. The van der Waals surface area contributed by atoms with Crippen LogP contribution >= 0.6 is 12.4 Å². The van der Waals surface area contributed by atoms with Crippen LogP contribution < -0.4 is 19.5 Å². The Balaban J connectivity index is 0.00000320. The maximum absolute atomic E-state index is 10.5. The van der Waals surface area contributed by atoms with E-state index in [1.807, 2.05) is 55.5 Å². The fraction of sp³-hybridized carbons (Fsp3) is 0.333. The summed E-state index contributed by atoms with van der Waals surface area (Å²) in [6.45, 7) is 2.94. The summed E-state index contributed by atoms with van der Waals surface area (Å²) in [7, 11) is 3.26. The van der Waals surface area contributed by atoms with Gasteiger partial charge in [0.2, 0.25) is 0 Å². The molecule has 3 aromatic carbocycles. The second-order valence-corrected chi connectivity index (χ2v) is 7.04. The third-order valence-electron chi connectivity index (χ3n) is 5.06. The van der Waals surface area contributed by atoms with Gasteiger partial charge in [-0.2, -0.15) is 0 Å². The monoisotopic (exact) mass is 431 g/mol. The van der Waals surface area contributed by atoms with Crippen LogP contribution in [-0.4, -0.2) is 44.6 Å². The lowest BCUT2D eigenvalue weighted by molar-refractivity contribution is 0.0795. The van der Waals surface area contributed by atoms with Crippen LogP contribution in [-0.2, 0) is 6.42 Å². The number of aliphatic hydroxyl groups is 1. The van der Waals surface area contributed by atoms with Crippen LogP contribution in [0.2, 0.25) is 0 Å². The molecule has 0 fully saturated rings. The molecule has 0 saturated heterocycles. The molecule has 0 aliphatic carbocycles. The van der Waals surface area contributed by atoms with Crippen LogP contribution in [0, 0.1) is 0 Å². The number of fused-ring (bicyclic) bond motifs is 1. The van der Waals surface area contributed by atoms with Gasteiger partial charge in [0.15, 0.2) is 11.5 Å². The number of hydrogen-bond acceptors (Lipinski definition) is 5. The van der Waals surface area contributed by atoms with Crippen molar-refractivity contribution in [3.63, 3.8) is 0 Å². The number of hydrogen-bond donors (Lipinski definition) is 2. The van der Waals surface area contributed by atoms with Gasteiger partial charge in [-0.05, 0) is 49.0 Å². The average Bonchev–Trinajstić information content (AvgIpc) is 2.77. The van der Waals surface area contributed by atoms with Crippen molar-refractivity contribution in [3.8, 4) is 17.2 Å². The Morgan fingerprint density at radius 2 is 1.63 bits per heavy atom. The summed E-state index contributed by atoms with van der Waals surface area (Å²) in [6.07, 6.45) is 0.209. The first-order valence-electron chi connectivity index (χ1n) is 9.85. The van der Waals surface area contributed by atoms with Crippen LogP contribution in [0.15, 0.2) is 60.7 Å². The fourth-order valence-corrected chi connectivity index (χ4v) is 3.26. The lowest BCUT2D eigenvalue weighted by Crippen LogP contribution is -2.41. The summed E-state index contributed by atoms with van der Waals surface area (Å²) in [6, 6.07) is 19.8.